The molecule has 0 atom stereocenters. The van der Waals surface area contributed by atoms with E-state index in [1.54, 1.807) is 13.4 Å². The lowest BCUT2D eigenvalue weighted by Crippen LogP contribution is -1.76. The Morgan fingerprint density at radius 1 is 1.43 bits per heavy atom. The summed E-state index contributed by atoms with van der Waals surface area (Å²) in [5, 5.41) is 0. The first-order valence-corrected chi connectivity index (χ1v) is 2.47. The van der Waals surface area contributed by atoms with E-state index in [1.807, 2.05) is 6.08 Å². The quantitative estimate of drug-likeness (QED) is 0.481. The van der Waals surface area contributed by atoms with Gasteiger partial charge in [0.05, 0.1) is 13.4 Å². The Morgan fingerprint density at radius 3 is 2.14 bits per heavy atom. The molecule has 0 spiro atoms. The van der Waals surface area contributed by atoms with Gasteiger partial charge in [0.15, 0.2) is 0 Å². The standard InChI is InChI=1S/C6H12O/c1-6(2)4-5-7-3/h4-6H,1-3H3/b5-4+. The van der Waals surface area contributed by atoms with E-state index >= 15 is 0 Å². The van der Waals surface area contributed by atoms with E-state index in [9.17, 15) is 0 Å². The van der Waals surface area contributed by atoms with Crippen molar-refractivity contribution in [1.82, 2.24) is 0 Å². The third kappa shape index (κ3) is 5.54. The monoisotopic (exact) mass is 100 g/mol. The molecule has 0 amide bonds. The summed E-state index contributed by atoms with van der Waals surface area (Å²) in [6, 6.07) is 0. The van der Waals surface area contributed by atoms with Crippen LogP contribution in [0.3, 0.4) is 0 Å². The van der Waals surface area contributed by atoms with E-state index in [0.717, 1.165) is 0 Å². The van der Waals surface area contributed by atoms with Crippen LogP contribution in [0.1, 0.15) is 13.8 Å². The van der Waals surface area contributed by atoms with Crippen molar-refractivity contribution in [2.75, 3.05) is 7.11 Å². The van der Waals surface area contributed by atoms with E-state index in [-0.39, 0.29) is 0 Å². The molecule has 1 heteroatoms. The highest BCUT2D eigenvalue weighted by Crippen LogP contribution is 1.91. The molecule has 0 radical (unpaired) electrons. The zero-order valence-corrected chi connectivity index (χ0v) is 5.14. The zero-order chi connectivity index (χ0) is 5.70. The van der Waals surface area contributed by atoms with Crippen LogP contribution in [-0.4, -0.2) is 7.11 Å². The fourth-order valence-corrected chi connectivity index (χ4v) is 0.236. The molecule has 0 aliphatic carbocycles. The maximum absolute atomic E-state index is 4.67. The zero-order valence-electron chi connectivity index (χ0n) is 5.14. The summed E-state index contributed by atoms with van der Waals surface area (Å²) in [4.78, 5) is 0. The van der Waals surface area contributed by atoms with Crippen molar-refractivity contribution >= 4 is 0 Å². The first-order valence-electron chi connectivity index (χ1n) is 2.47. The summed E-state index contributed by atoms with van der Waals surface area (Å²) in [5.74, 6) is 0.597. The highest BCUT2D eigenvalue weighted by Gasteiger charge is 1.79. The molecule has 0 aromatic rings. The highest BCUT2D eigenvalue weighted by atomic mass is 16.5. The van der Waals surface area contributed by atoms with E-state index in [1.165, 1.54) is 0 Å². The molecule has 0 aromatic carbocycles. The van der Waals surface area contributed by atoms with Crippen LogP contribution in [0.4, 0.5) is 0 Å². The number of hydrogen-bond donors (Lipinski definition) is 0. The fraction of sp³-hybridized carbons (Fsp3) is 0.667. The minimum Gasteiger partial charge on any atom is -0.505 e. The molecule has 0 rings (SSSR count). The average molecular weight is 100 g/mol. The van der Waals surface area contributed by atoms with Gasteiger partial charge < -0.3 is 4.74 Å². The molecule has 1 nitrogen and oxygen atoms in total. The summed E-state index contributed by atoms with van der Waals surface area (Å²) in [6.45, 7) is 4.21. The second-order valence-corrected chi connectivity index (χ2v) is 1.81. The number of methoxy groups -OCH3 is 1. The van der Waals surface area contributed by atoms with Gasteiger partial charge in [0.2, 0.25) is 0 Å². The molecule has 0 bridgehead atoms. The molecule has 0 aromatic heterocycles. The Labute approximate surface area is 45.0 Å². The van der Waals surface area contributed by atoms with Gasteiger partial charge >= 0.3 is 0 Å². The number of ether oxygens (including phenoxy) is 1. The van der Waals surface area contributed by atoms with Gasteiger partial charge in [-0.25, -0.2) is 0 Å². The molecule has 7 heavy (non-hydrogen) atoms. The van der Waals surface area contributed by atoms with Crippen LogP contribution in [0.2, 0.25) is 0 Å². The minimum atomic E-state index is 0.597. The van der Waals surface area contributed by atoms with Crippen LogP contribution in [-0.2, 0) is 4.74 Å². The maximum atomic E-state index is 4.67. The predicted octanol–water partition coefficient (Wildman–Crippen LogP) is 1.80. The lowest BCUT2D eigenvalue weighted by atomic mass is 10.2. The topological polar surface area (TPSA) is 9.23 Å². The predicted molar refractivity (Wildman–Crippen MR) is 31.0 cm³/mol. The second-order valence-electron chi connectivity index (χ2n) is 1.81. The van der Waals surface area contributed by atoms with Crippen molar-refractivity contribution < 1.29 is 4.74 Å². The normalized spacial score (nSPS) is 10.9. The van der Waals surface area contributed by atoms with Gasteiger partial charge in [-0.3, -0.25) is 0 Å². The van der Waals surface area contributed by atoms with Crippen LogP contribution < -0.4 is 0 Å². The first-order chi connectivity index (χ1) is 3.27. The van der Waals surface area contributed by atoms with Crippen molar-refractivity contribution in [3.63, 3.8) is 0 Å². The van der Waals surface area contributed by atoms with E-state index in [0.29, 0.717) is 5.92 Å². The van der Waals surface area contributed by atoms with Crippen LogP contribution in [0, 0.1) is 5.92 Å². The molecule has 0 saturated heterocycles. The van der Waals surface area contributed by atoms with Gasteiger partial charge in [-0.05, 0) is 12.0 Å². The van der Waals surface area contributed by atoms with Gasteiger partial charge in [0, 0.05) is 0 Å². The lowest BCUT2D eigenvalue weighted by molar-refractivity contribution is 0.335. The van der Waals surface area contributed by atoms with Crippen molar-refractivity contribution in [2.24, 2.45) is 5.92 Å². The van der Waals surface area contributed by atoms with Crippen molar-refractivity contribution in [3.05, 3.63) is 12.3 Å². The third-order valence-corrected chi connectivity index (χ3v) is 0.600. The van der Waals surface area contributed by atoms with Crippen LogP contribution in [0.25, 0.3) is 0 Å². The minimum absolute atomic E-state index is 0.597. The molecule has 0 unspecified atom stereocenters. The summed E-state index contributed by atoms with van der Waals surface area (Å²) in [5.41, 5.74) is 0. The summed E-state index contributed by atoms with van der Waals surface area (Å²) in [6.07, 6.45) is 3.70. The second kappa shape index (κ2) is 3.72. The fourth-order valence-electron chi connectivity index (χ4n) is 0.236. The third-order valence-electron chi connectivity index (χ3n) is 0.600. The van der Waals surface area contributed by atoms with Crippen molar-refractivity contribution in [3.8, 4) is 0 Å². The first kappa shape index (κ1) is 6.54. The Bertz CT molecular complexity index is 55.2. The van der Waals surface area contributed by atoms with Gasteiger partial charge in [0.25, 0.3) is 0 Å². The van der Waals surface area contributed by atoms with E-state index < -0.39 is 0 Å². The summed E-state index contributed by atoms with van der Waals surface area (Å²) < 4.78 is 4.67. The summed E-state index contributed by atoms with van der Waals surface area (Å²) in [7, 11) is 1.65. The lowest BCUT2D eigenvalue weighted by Gasteiger charge is -1.90. The molecule has 0 aliphatic heterocycles. The molecular formula is C6H12O. The number of hydrogen-bond acceptors (Lipinski definition) is 1. The van der Waals surface area contributed by atoms with E-state index in [2.05, 4.69) is 18.6 Å². The Morgan fingerprint density at radius 2 is 2.00 bits per heavy atom. The Kier molecular flexibility index (Phi) is 3.48. The van der Waals surface area contributed by atoms with E-state index in [4.69, 9.17) is 0 Å². The maximum Gasteiger partial charge on any atom is 0.0787 e. The molecular weight excluding hydrogens is 88.1 g/mol. The SMILES string of the molecule is CO/C=C/C(C)C. The number of allylic oxidation sites excluding steroid dienone is 1. The number of rotatable bonds is 2. The smallest absolute Gasteiger partial charge is 0.0787 e. The Balaban J connectivity index is 3.08. The van der Waals surface area contributed by atoms with Gasteiger partial charge in [0.1, 0.15) is 0 Å². The van der Waals surface area contributed by atoms with Gasteiger partial charge in [-0.15, -0.1) is 0 Å². The largest absolute Gasteiger partial charge is 0.505 e. The summed E-state index contributed by atoms with van der Waals surface area (Å²) >= 11 is 0. The molecule has 0 aliphatic rings. The van der Waals surface area contributed by atoms with Crippen LogP contribution in [0.15, 0.2) is 12.3 Å². The Hall–Kier alpha value is -0.460. The molecule has 0 N–H and O–H groups in total. The molecule has 0 saturated carbocycles. The molecule has 0 fully saturated rings. The molecule has 0 heterocycles. The van der Waals surface area contributed by atoms with Crippen LogP contribution in [0.5, 0.6) is 0 Å². The van der Waals surface area contributed by atoms with Crippen molar-refractivity contribution in [2.45, 2.75) is 13.8 Å². The average Bonchev–Trinajstić information content (AvgIpc) is 1.61. The van der Waals surface area contributed by atoms with Crippen molar-refractivity contribution in [1.29, 1.82) is 0 Å². The molecule has 42 valence electrons. The highest BCUT2D eigenvalue weighted by molar-refractivity contribution is 4.76. The van der Waals surface area contributed by atoms with Gasteiger partial charge in [-0.1, -0.05) is 13.8 Å². The van der Waals surface area contributed by atoms with Gasteiger partial charge in [-0.2, -0.15) is 0 Å². The van der Waals surface area contributed by atoms with Crippen LogP contribution >= 0.6 is 0 Å².